The van der Waals surface area contributed by atoms with Crippen molar-refractivity contribution in [2.24, 2.45) is 5.92 Å². The Labute approximate surface area is 203 Å². The van der Waals surface area contributed by atoms with Crippen LogP contribution in [-0.2, 0) is 4.79 Å². The van der Waals surface area contributed by atoms with Crippen LogP contribution in [0.1, 0.15) is 52.4 Å². The highest BCUT2D eigenvalue weighted by Gasteiger charge is 2.26. The molecule has 0 spiro atoms. The lowest BCUT2D eigenvalue weighted by molar-refractivity contribution is -0.125. The molecular weight excluding hydrogens is 488 g/mol. The number of nitrogens with zero attached hydrogens (tertiary/aromatic N) is 3. The molecule has 3 heterocycles. The van der Waals surface area contributed by atoms with Crippen molar-refractivity contribution in [1.82, 2.24) is 15.2 Å². The minimum Gasteiger partial charge on any atom is -0.493 e. The van der Waals surface area contributed by atoms with Crippen LogP contribution in [0.2, 0.25) is 0 Å². The average molecular weight is 524 g/mol. The van der Waals surface area contributed by atoms with Gasteiger partial charge >= 0.3 is 0 Å². The van der Waals surface area contributed by atoms with Crippen molar-refractivity contribution in [3.63, 3.8) is 0 Å². The van der Waals surface area contributed by atoms with E-state index in [1.54, 1.807) is 11.3 Å². The van der Waals surface area contributed by atoms with Gasteiger partial charge in [-0.15, -0.1) is 0 Å². The first-order chi connectivity index (χ1) is 15.5. The van der Waals surface area contributed by atoms with Crippen LogP contribution in [0.5, 0.6) is 5.75 Å². The molecule has 0 bridgehead atoms. The van der Waals surface area contributed by atoms with E-state index in [9.17, 15) is 4.79 Å². The molecule has 1 unspecified atom stereocenters. The summed E-state index contributed by atoms with van der Waals surface area (Å²) in [7, 11) is 0. The van der Waals surface area contributed by atoms with Crippen molar-refractivity contribution in [1.29, 1.82) is 0 Å². The molecule has 2 saturated heterocycles. The van der Waals surface area contributed by atoms with Gasteiger partial charge in [-0.3, -0.25) is 4.79 Å². The van der Waals surface area contributed by atoms with E-state index in [1.165, 1.54) is 25.8 Å². The zero-order valence-electron chi connectivity index (χ0n) is 19.2. The van der Waals surface area contributed by atoms with Gasteiger partial charge in [0.25, 0.3) is 0 Å². The fraction of sp³-hybridized carbons (Fsp3) is 0.667. The second kappa shape index (κ2) is 11.2. The number of hydrogen-bond donors (Lipinski definition) is 1. The molecule has 6 nitrogen and oxygen atoms in total. The number of ether oxygens (including phenoxy) is 1. The summed E-state index contributed by atoms with van der Waals surface area (Å²) in [5, 5.41) is 4.23. The predicted octanol–water partition coefficient (Wildman–Crippen LogP) is 5.05. The van der Waals surface area contributed by atoms with E-state index < -0.39 is 0 Å². The third-order valence-corrected chi connectivity index (χ3v) is 8.43. The Bertz CT molecular complexity index is 913. The van der Waals surface area contributed by atoms with Gasteiger partial charge in [0.05, 0.1) is 21.3 Å². The lowest BCUT2D eigenvalue weighted by Gasteiger charge is -2.33. The van der Waals surface area contributed by atoms with E-state index in [4.69, 9.17) is 9.72 Å². The Balaban J connectivity index is 1.23. The summed E-state index contributed by atoms with van der Waals surface area (Å²) in [4.78, 5) is 22.4. The van der Waals surface area contributed by atoms with Gasteiger partial charge in [-0.05, 0) is 74.5 Å². The number of benzene rings is 1. The van der Waals surface area contributed by atoms with Crippen molar-refractivity contribution >= 4 is 48.5 Å². The number of thiazole rings is 1. The van der Waals surface area contributed by atoms with Crippen molar-refractivity contribution < 1.29 is 9.53 Å². The number of rotatable bonds is 8. The second-order valence-electron chi connectivity index (χ2n) is 8.97. The first-order valence-corrected chi connectivity index (χ1v) is 13.7. The third-order valence-electron chi connectivity index (χ3n) is 6.73. The van der Waals surface area contributed by atoms with Crippen LogP contribution >= 0.6 is 27.3 Å². The predicted molar refractivity (Wildman–Crippen MR) is 136 cm³/mol. The topological polar surface area (TPSA) is 57.7 Å². The zero-order chi connectivity index (χ0) is 22.5. The first-order valence-electron chi connectivity index (χ1n) is 12.0. The summed E-state index contributed by atoms with van der Waals surface area (Å²) in [6, 6.07) is 4.79. The maximum absolute atomic E-state index is 12.7. The lowest BCUT2D eigenvalue weighted by atomic mass is 9.96. The molecule has 1 aromatic carbocycles. The average Bonchev–Trinajstić information content (AvgIpc) is 3.21. The highest BCUT2D eigenvalue weighted by Crippen LogP contribution is 2.37. The molecule has 1 N–H and O–H groups in total. The van der Waals surface area contributed by atoms with Crippen LogP contribution in [0, 0.1) is 5.92 Å². The number of amides is 1. The molecule has 0 radical (unpaired) electrons. The Hall–Kier alpha value is -1.38. The number of anilines is 1. The molecule has 1 amide bonds. The number of fused-ring (bicyclic) bond motifs is 1. The van der Waals surface area contributed by atoms with E-state index >= 15 is 0 Å². The van der Waals surface area contributed by atoms with Crippen molar-refractivity contribution in [3.8, 4) is 5.75 Å². The smallest absolute Gasteiger partial charge is 0.223 e. The van der Waals surface area contributed by atoms with Crippen molar-refractivity contribution in [3.05, 3.63) is 16.6 Å². The monoisotopic (exact) mass is 522 g/mol. The highest BCUT2D eigenvalue weighted by molar-refractivity contribution is 9.10. The number of nitrogens with one attached hydrogen (secondary N) is 1. The minimum absolute atomic E-state index is 0.119. The molecule has 2 fully saturated rings. The SMILES string of the molecule is CCOc1cc2sc(N3CCC(C(=O)NCCCN4CCCCC4C)CC3)nc2cc1Br. The van der Waals surface area contributed by atoms with Crippen molar-refractivity contribution in [2.45, 2.75) is 58.4 Å². The molecule has 2 aliphatic rings. The molecule has 0 aliphatic carbocycles. The number of hydrogen-bond acceptors (Lipinski definition) is 6. The van der Waals surface area contributed by atoms with E-state index in [2.05, 4.69) is 44.0 Å². The summed E-state index contributed by atoms with van der Waals surface area (Å²) in [6.45, 7) is 9.81. The molecule has 2 aliphatic heterocycles. The number of piperidine rings is 2. The zero-order valence-corrected chi connectivity index (χ0v) is 21.6. The Morgan fingerprint density at radius 3 is 2.81 bits per heavy atom. The van der Waals surface area contributed by atoms with Crippen molar-refractivity contribution in [2.75, 3.05) is 44.2 Å². The number of carbonyl (C=O) groups is 1. The quantitative estimate of drug-likeness (QED) is 0.491. The Kier molecular flexibility index (Phi) is 8.29. The van der Waals surface area contributed by atoms with Gasteiger partial charge in [-0.25, -0.2) is 4.98 Å². The molecule has 176 valence electrons. The molecule has 0 saturated carbocycles. The first kappa shape index (κ1) is 23.8. The molecule has 4 rings (SSSR count). The molecular formula is C24H35BrN4O2S. The summed E-state index contributed by atoms with van der Waals surface area (Å²) in [5.41, 5.74) is 0.989. The lowest BCUT2D eigenvalue weighted by Crippen LogP contribution is -2.42. The van der Waals surface area contributed by atoms with Crippen LogP contribution in [-0.4, -0.2) is 61.2 Å². The molecule has 1 atom stereocenters. The standard InChI is InChI=1S/C24H35BrN4O2S/c1-3-31-21-16-22-20(15-19(21)25)27-24(32-22)29-13-8-18(9-14-29)23(30)26-10-6-12-28-11-5-4-7-17(28)2/h15-18H,3-14H2,1-2H3,(H,26,30). The summed E-state index contributed by atoms with van der Waals surface area (Å²) < 4.78 is 7.76. The van der Waals surface area contributed by atoms with Gasteiger partial charge in [0.15, 0.2) is 5.13 Å². The number of halogens is 1. The van der Waals surface area contributed by atoms with E-state index in [1.807, 2.05) is 13.0 Å². The van der Waals surface area contributed by atoms with Crippen LogP contribution in [0.3, 0.4) is 0 Å². The van der Waals surface area contributed by atoms with Gasteiger partial charge < -0.3 is 19.9 Å². The molecule has 32 heavy (non-hydrogen) atoms. The second-order valence-corrected chi connectivity index (χ2v) is 10.8. The maximum atomic E-state index is 12.7. The molecule has 8 heteroatoms. The number of carbonyl (C=O) groups excluding carboxylic acids is 1. The largest absolute Gasteiger partial charge is 0.493 e. The molecule has 2 aromatic rings. The summed E-state index contributed by atoms with van der Waals surface area (Å²) in [5.74, 6) is 1.21. The fourth-order valence-electron chi connectivity index (χ4n) is 4.78. The fourth-order valence-corrected chi connectivity index (χ4v) is 6.25. The van der Waals surface area contributed by atoms with E-state index in [0.717, 1.165) is 71.0 Å². The van der Waals surface area contributed by atoms with Gasteiger partial charge in [-0.2, -0.15) is 0 Å². The minimum atomic E-state index is 0.119. The van der Waals surface area contributed by atoms with Gasteiger partial charge in [0.1, 0.15) is 5.75 Å². The van der Waals surface area contributed by atoms with E-state index in [0.29, 0.717) is 12.6 Å². The van der Waals surface area contributed by atoms with Crippen LogP contribution in [0.25, 0.3) is 10.2 Å². The van der Waals surface area contributed by atoms with Gasteiger partial charge in [-0.1, -0.05) is 17.8 Å². The Morgan fingerprint density at radius 1 is 1.25 bits per heavy atom. The summed E-state index contributed by atoms with van der Waals surface area (Å²) >= 11 is 5.28. The number of likely N-dealkylation sites (tertiary alicyclic amines) is 1. The third kappa shape index (κ3) is 5.75. The van der Waals surface area contributed by atoms with Gasteiger partial charge in [0.2, 0.25) is 5.91 Å². The van der Waals surface area contributed by atoms with Crippen LogP contribution in [0.4, 0.5) is 5.13 Å². The maximum Gasteiger partial charge on any atom is 0.223 e. The highest BCUT2D eigenvalue weighted by atomic mass is 79.9. The van der Waals surface area contributed by atoms with E-state index in [-0.39, 0.29) is 11.8 Å². The normalized spacial score (nSPS) is 20.6. The van der Waals surface area contributed by atoms with Crippen LogP contribution < -0.4 is 15.0 Å². The van der Waals surface area contributed by atoms with Gasteiger partial charge in [0, 0.05) is 44.2 Å². The van der Waals surface area contributed by atoms with Crippen LogP contribution in [0.15, 0.2) is 16.6 Å². The molecule has 1 aromatic heterocycles. The number of aromatic nitrogens is 1. The summed E-state index contributed by atoms with van der Waals surface area (Å²) in [6.07, 6.45) is 6.80. The Morgan fingerprint density at radius 2 is 2.06 bits per heavy atom.